The van der Waals surface area contributed by atoms with E-state index in [1.807, 2.05) is 36.4 Å². The van der Waals surface area contributed by atoms with Gasteiger partial charge in [0.1, 0.15) is 23.3 Å². The molecule has 0 unspecified atom stereocenters. The fraction of sp³-hybridized carbons (Fsp3) is 0.273. The zero-order chi connectivity index (χ0) is 20.6. The van der Waals surface area contributed by atoms with Crippen LogP contribution >= 0.6 is 0 Å². The second kappa shape index (κ2) is 9.75. The summed E-state index contributed by atoms with van der Waals surface area (Å²) in [7, 11) is 0. The number of ether oxygens (including phenoxy) is 1. The zero-order valence-corrected chi connectivity index (χ0v) is 16.2. The Kier molecular flexibility index (Phi) is 6.86. The Hall–Kier alpha value is -3.32. The lowest BCUT2D eigenvalue weighted by molar-refractivity contribution is 0.0687. The molecule has 2 aromatic carbocycles. The number of benzene rings is 2. The Morgan fingerprint density at radius 3 is 2.79 bits per heavy atom. The van der Waals surface area contributed by atoms with Crippen molar-refractivity contribution in [3.63, 3.8) is 0 Å². The molecule has 0 radical (unpaired) electrons. The monoisotopic (exact) mass is 394 g/mol. The number of nitrogens with one attached hydrogen (secondary N) is 3. The second-order valence-electron chi connectivity index (χ2n) is 6.91. The third-order valence-electron chi connectivity index (χ3n) is 4.72. The number of rotatable bonds is 8. The van der Waals surface area contributed by atoms with E-state index in [0.29, 0.717) is 23.5 Å². The Morgan fingerprint density at radius 2 is 2.07 bits per heavy atom. The van der Waals surface area contributed by atoms with Crippen LogP contribution in [-0.2, 0) is 0 Å². The molecule has 0 atom stereocenters. The number of hydrogen-bond acceptors (Lipinski definition) is 5. The van der Waals surface area contributed by atoms with Crippen molar-refractivity contribution in [1.29, 1.82) is 5.41 Å². The van der Waals surface area contributed by atoms with Crippen LogP contribution in [0, 0.1) is 5.41 Å². The van der Waals surface area contributed by atoms with Gasteiger partial charge in [0.15, 0.2) is 0 Å². The van der Waals surface area contributed by atoms with Crippen LogP contribution in [0.25, 0.3) is 6.08 Å². The highest BCUT2D eigenvalue weighted by Gasteiger charge is 2.19. The Balaban J connectivity index is 1.62. The first kappa shape index (κ1) is 20.4. The van der Waals surface area contributed by atoms with E-state index < -0.39 is 5.97 Å². The number of carboxylic acid groups (broad SMARTS) is 1. The summed E-state index contributed by atoms with van der Waals surface area (Å²) >= 11 is 0. The van der Waals surface area contributed by atoms with Gasteiger partial charge < -0.3 is 26.2 Å². The molecule has 0 spiro atoms. The third-order valence-corrected chi connectivity index (χ3v) is 4.72. The van der Waals surface area contributed by atoms with Crippen LogP contribution in [0.5, 0.6) is 5.75 Å². The number of anilines is 1. The molecular weight excluding hydrogens is 368 g/mol. The predicted molar refractivity (Wildman–Crippen MR) is 115 cm³/mol. The normalized spacial score (nSPS) is 14.6. The van der Waals surface area contributed by atoms with Gasteiger partial charge in [0.2, 0.25) is 0 Å². The molecule has 7 heteroatoms. The number of amidine groups is 1. The van der Waals surface area contributed by atoms with Gasteiger partial charge in [-0.15, -0.1) is 0 Å². The molecule has 0 amide bonds. The first-order valence-electron chi connectivity index (χ1n) is 9.62. The van der Waals surface area contributed by atoms with Crippen molar-refractivity contribution >= 4 is 23.6 Å². The molecule has 29 heavy (non-hydrogen) atoms. The van der Waals surface area contributed by atoms with E-state index in [4.69, 9.17) is 15.9 Å². The maximum absolute atomic E-state index is 11.7. The van der Waals surface area contributed by atoms with Gasteiger partial charge in [-0.1, -0.05) is 30.4 Å². The van der Waals surface area contributed by atoms with Crippen LogP contribution in [-0.4, -0.2) is 42.6 Å². The summed E-state index contributed by atoms with van der Waals surface area (Å²) in [5.41, 5.74) is 8.00. The van der Waals surface area contributed by atoms with Gasteiger partial charge in [-0.3, -0.25) is 5.41 Å². The number of piperidine rings is 1. The van der Waals surface area contributed by atoms with Gasteiger partial charge in [0.05, 0.1) is 0 Å². The summed E-state index contributed by atoms with van der Waals surface area (Å²) in [5, 5.41) is 23.5. The molecule has 152 valence electrons. The van der Waals surface area contributed by atoms with Crippen LogP contribution in [0.2, 0.25) is 0 Å². The molecule has 1 heterocycles. The molecule has 3 rings (SSSR count). The molecule has 0 bridgehead atoms. The number of aromatic carboxylic acids is 1. The van der Waals surface area contributed by atoms with Crippen LogP contribution in [0.3, 0.4) is 0 Å². The van der Waals surface area contributed by atoms with Crippen LogP contribution < -0.4 is 21.1 Å². The van der Waals surface area contributed by atoms with E-state index in [1.165, 1.54) is 0 Å². The summed E-state index contributed by atoms with van der Waals surface area (Å²) in [6.07, 6.45) is 5.64. The van der Waals surface area contributed by atoms with Gasteiger partial charge >= 0.3 is 5.97 Å². The fourth-order valence-corrected chi connectivity index (χ4v) is 3.18. The lowest BCUT2D eigenvalue weighted by Gasteiger charge is -2.24. The Labute approximate surface area is 170 Å². The predicted octanol–water partition coefficient (Wildman–Crippen LogP) is 2.92. The second-order valence-corrected chi connectivity index (χ2v) is 6.91. The first-order valence-corrected chi connectivity index (χ1v) is 9.62. The molecule has 7 nitrogen and oxygen atoms in total. The lowest BCUT2D eigenvalue weighted by atomic mass is 10.1. The van der Waals surface area contributed by atoms with Gasteiger partial charge in [-0.05, 0) is 55.8 Å². The van der Waals surface area contributed by atoms with Crippen molar-refractivity contribution in [2.45, 2.75) is 18.9 Å². The number of nitrogens with two attached hydrogens (primary N) is 1. The lowest BCUT2D eigenvalue weighted by Crippen LogP contribution is -2.34. The molecular formula is C22H26N4O3. The Bertz CT molecular complexity index is 905. The molecule has 1 saturated heterocycles. The van der Waals surface area contributed by atoms with E-state index in [0.717, 1.165) is 31.5 Å². The number of carbonyl (C=O) groups is 1. The van der Waals surface area contributed by atoms with Crippen molar-refractivity contribution in [2.75, 3.05) is 25.0 Å². The molecule has 1 aliphatic rings. The van der Waals surface area contributed by atoms with Crippen molar-refractivity contribution in [3.8, 4) is 5.75 Å². The average Bonchev–Trinajstić information content (AvgIpc) is 2.73. The van der Waals surface area contributed by atoms with Crippen molar-refractivity contribution < 1.29 is 14.6 Å². The van der Waals surface area contributed by atoms with Gasteiger partial charge in [-0.2, -0.15) is 0 Å². The zero-order valence-electron chi connectivity index (χ0n) is 16.2. The van der Waals surface area contributed by atoms with E-state index in [9.17, 15) is 9.90 Å². The highest BCUT2D eigenvalue weighted by atomic mass is 16.5. The van der Waals surface area contributed by atoms with Crippen molar-refractivity contribution in [1.82, 2.24) is 5.32 Å². The summed E-state index contributed by atoms with van der Waals surface area (Å²) < 4.78 is 5.93. The molecule has 0 aliphatic carbocycles. The van der Waals surface area contributed by atoms with Gasteiger partial charge in [-0.25, -0.2) is 4.79 Å². The highest BCUT2D eigenvalue weighted by Crippen LogP contribution is 2.25. The minimum atomic E-state index is -1.01. The quantitative estimate of drug-likeness (QED) is 0.347. The third kappa shape index (κ3) is 5.83. The number of nitrogen functional groups attached to an aromatic ring is 1. The minimum absolute atomic E-state index is 0.0337. The SMILES string of the molecule is N=C(N)c1cccc(/C=C/CNc2ccc(OC3CCNCC3)c(C(=O)O)c2)c1. The molecule has 2 aromatic rings. The fourth-order valence-electron chi connectivity index (χ4n) is 3.18. The Morgan fingerprint density at radius 1 is 1.28 bits per heavy atom. The van der Waals surface area contributed by atoms with Crippen LogP contribution in [0.15, 0.2) is 48.5 Å². The standard InChI is InChI=1S/C22H26N4O3/c23-21(24)16-5-1-3-15(13-16)4-2-10-26-17-6-7-20(19(14-17)22(27)28)29-18-8-11-25-12-9-18/h1-7,13-14,18,25-26H,8-12H2,(H3,23,24)(H,27,28)/b4-2+. The summed E-state index contributed by atoms with van der Waals surface area (Å²) in [4.78, 5) is 11.7. The smallest absolute Gasteiger partial charge is 0.339 e. The van der Waals surface area contributed by atoms with Crippen molar-refractivity contribution in [2.24, 2.45) is 5.73 Å². The number of carboxylic acids is 1. The summed E-state index contributed by atoms with van der Waals surface area (Å²) in [5.74, 6) is -0.563. The van der Waals surface area contributed by atoms with E-state index in [1.54, 1.807) is 18.2 Å². The molecule has 0 aromatic heterocycles. The summed E-state index contributed by atoms with van der Waals surface area (Å²) in [6, 6.07) is 12.6. The molecule has 1 fully saturated rings. The minimum Gasteiger partial charge on any atom is -0.489 e. The molecule has 1 aliphatic heterocycles. The highest BCUT2D eigenvalue weighted by molar-refractivity contribution is 5.95. The van der Waals surface area contributed by atoms with Crippen LogP contribution in [0.4, 0.5) is 5.69 Å². The maximum atomic E-state index is 11.7. The topological polar surface area (TPSA) is 120 Å². The average molecular weight is 394 g/mol. The number of hydrogen-bond donors (Lipinski definition) is 5. The van der Waals surface area contributed by atoms with Crippen molar-refractivity contribution in [3.05, 3.63) is 65.2 Å². The maximum Gasteiger partial charge on any atom is 0.339 e. The van der Waals surface area contributed by atoms with Crippen LogP contribution in [0.1, 0.15) is 34.3 Å². The van der Waals surface area contributed by atoms with E-state index >= 15 is 0 Å². The van der Waals surface area contributed by atoms with Gasteiger partial charge in [0.25, 0.3) is 0 Å². The first-order chi connectivity index (χ1) is 14.0. The van der Waals surface area contributed by atoms with E-state index in [2.05, 4.69) is 10.6 Å². The molecule has 6 N–H and O–H groups in total. The van der Waals surface area contributed by atoms with Gasteiger partial charge in [0, 0.05) is 17.8 Å². The summed E-state index contributed by atoms with van der Waals surface area (Å²) in [6.45, 7) is 2.29. The largest absolute Gasteiger partial charge is 0.489 e. The molecule has 0 saturated carbocycles. The van der Waals surface area contributed by atoms with E-state index in [-0.39, 0.29) is 17.5 Å².